The van der Waals surface area contributed by atoms with E-state index in [0.29, 0.717) is 6.04 Å². The Kier molecular flexibility index (Phi) is 4.18. The van der Waals surface area contributed by atoms with Gasteiger partial charge < -0.3 is 15.5 Å². The molecule has 1 saturated heterocycles. The minimum Gasteiger partial charge on any atom is -0.354 e. The lowest BCUT2D eigenvalue weighted by atomic mass is 10.1. The lowest BCUT2D eigenvalue weighted by molar-refractivity contribution is -0.119. The van der Waals surface area contributed by atoms with Crippen LogP contribution in [0.2, 0.25) is 0 Å². The number of piperidine rings is 1. The van der Waals surface area contributed by atoms with Gasteiger partial charge in [0.2, 0.25) is 5.91 Å². The summed E-state index contributed by atoms with van der Waals surface area (Å²) in [5, 5.41) is 6.54. The zero-order chi connectivity index (χ0) is 11.4. The molecule has 1 saturated carbocycles. The first-order valence-corrected chi connectivity index (χ1v) is 6.47. The summed E-state index contributed by atoms with van der Waals surface area (Å²) in [6, 6.07) is 1.22. The predicted octanol–water partition coefficient (Wildman–Crippen LogP) is 0.339. The average Bonchev–Trinajstić information content (AvgIpc) is 3.04. The Morgan fingerprint density at radius 3 is 2.44 bits per heavy atom. The minimum absolute atomic E-state index is 0.105. The molecule has 4 nitrogen and oxygen atoms in total. The Hall–Kier alpha value is -0.610. The van der Waals surface area contributed by atoms with E-state index in [4.69, 9.17) is 0 Å². The van der Waals surface area contributed by atoms with E-state index in [1.54, 1.807) is 6.92 Å². The molecule has 2 rings (SSSR count). The molecule has 1 aliphatic carbocycles. The number of likely N-dealkylation sites (tertiary alicyclic amines) is 1. The predicted molar refractivity (Wildman–Crippen MR) is 64.3 cm³/mol. The van der Waals surface area contributed by atoms with E-state index in [2.05, 4.69) is 15.5 Å². The van der Waals surface area contributed by atoms with Gasteiger partial charge in [0.15, 0.2) is 0 Å². The largest absolute Gasteiger partial charge is 0.354 e. The maximum atomic E-state index is 10.9. The van der Waals surface area contributed by atoms with Crippen LogP contribution in [-0.4, -0.2) is 49.1 Å². The molecule has 2 N–H and O–H groups in total. The topological polar surface area (TPSA) is 44.4 Å². The molecule has 4 heteroatoms. The van der Waals surface area contributed by atoms with E-state index in [-0.39, 0.29) is 5.91 Å². The van der Waals surface area contributed by atoms with Crippen LogP contribution in [0.25, 0.3) is 0 Å². The van der Waals surface area contributed by atoms with Gasteiger partial charge in [-0.2, -0.15) is 0 Å². The molecule has 1 amide bonds. The smallest absolute Gasteiger partial charge is 0.217 e. The second-order valence-corrected chi connectivity index (χ2v) is 5.04. The van der Waals surface area contributed by atoms with Crippen molar-refractivity contribution in [1.82, 2.24) is 15.5 Å². The Balaban J connectivity index is 1.55. The molecule has 2 fully saturated rings. The highest BCUT2D eigenvalue weighted by Gasteiger charge is 2.22. The molecular formula is C12H23N3O. The molecule has 0 unspecified atom stereocenters. The van der Waals surface area contributed by atoms with Crippen molar-refractivity contribution in [3.63, 3.8) is 0 Å². The normalized spacial score (nSPS) is 23.3. The molecule has 0 spiro atoms. The molecule has 2 aliphatic rings. The van der Waals surface area contributed by atoms with E-state index < -0.39 is 0 Å². The van der Waals surface area contributed by atoms with Crippen molar-refractivity contribution in [1.29, 1.82) is 0 Å². The van der Waals surface area contributed by atoms with Crippen molar-refractivity contribution < 1.29 is 4.79 Å². The van der Waals surface area contributed by atoms with E-state index in [1.165, 1.54) is 12.8 Å². The van der Waals surface area contributed by atoms with E-state index in [0.717, 1.165) is 45.1 Å². The maximum absolute atomic E-state index is 10.9. The van der Waals surface area contributed by atoms with Gasteiger partial charge in [0.05, 0.1) is 0 Å². The van der Waals surface area contributed by atoms with Crippen molar-refractivity contribution in [2.45, 2.75) is 44.7 Å². The Labute approximate surface area is 97.8 Å². The summed E-state index contributed by atoms with van der Waals surface area (Å²) in [7, 11) is 0. The Morgan fingerprint density at radius 2 is 1.88 bits per heavy atom. The van der Waals surface area contributed by atoms with Gasteiger partial charge in [0.25, 0.3) is 0 Å². The van der Waals surface area contributed by atoms with Gasteiger partial charge in [-0.3, -0.25) is 4.79 Å². The van der Waals surface area contributed by atoms with Gasteiger partial charge in [-0.05, 0) is 25.7 Å². The SMILES string of the molecule is CC(=O)NC1CCN(CCNC2CC2)CC1. The summed E-state index contributed by atoms with van der Waals surface area (Å²) in [4.78, 5) is 13.4. The molecule has 0 atom stereocenters. The summed E-state index contributed by atoms with van der Waals surface area (Å²) >= 11 is 0. The fraction of sp³-hybridized carbons (Fsp3) is 0.917. The number of hydrogen-bond acceptors (Lipinski definition) is 3. The van der Waals surface area contributed by atoms with Crippen molar-refractivity contribution in [3.05, 3.63) is 0 Å². The fourth-order valence-electron chi connectivity index (χ4n) is 2.30. The van der Waals surface area contributed by atoms with Crippen LogP contribution in [0, 0.1) is 0 Å². The third kappa shape index (κ3) is 4.10. The summed E-state index contributed by atoms with van der Waals surface area (Å²) in [5.74, 6) is 0.105. The lowest BCUT2D eigenvalue weighted by Crippen LogP contribution is -2.45. The van der Waals surface area contributed by atoms with Crippen LogP contribution in [0.5, 0.6) is 0 Å². The highest BCUT2D eigenvalue weighted by Crippen LogP contribution is 2.18. The first-order chi connectivity index (χ1) is 7.74. The average molecular weight is 225 g/mol. The van der Waals surface area contributed by atoms with Gasteiger partial charge in [-0.15, -0.1) is 0 Å². The summed E-state index contributed by atoms with van der Waals surface area (Å²) in [6.45, 7) is 6.12. The standard InChI is InChI=1S/C12H23N3O/c1-10(16)14-12-4-7-15(8-5-12)9-6-13-11-2-3-11/h11-13H,2-9H2,1H3,(H,14,16). The van der Waals surface area contributed by atoms with Crippen LogP contribution in [0.15, 0.2) is 0 Å². The van der Waals surface area contributed by atoms with Crippen molar-refractivity contribution in [2.24, 2.45) is 0 Å². The van der Waals surface area contributed by atoms with E-state index in [9.17, 15) is 4.79 Å². The fourth-order valence-corrected chi connectivity index (χ4v) is 2.30. The van der Waals surface area contributed by atoms with Gasteiger partial charge in [-0.25, -0.2) is 0 Å². The molecular weight excluding hydrogens is 202 g/mol. The van der Waals surface area contributed by atoms with Crippen molar-refractivity contribution in [2.75, 3.05) is 26.2 Å². The van der Waals surface area contributed by atoms with Gasteiger partial charge in [-0.1, -0.05) is 0 Å². The van der Waals surface area contributed by atoms with Crippen LogP contribution in [0.1, 0.15) is 32.6 Å². The Morgan fingerprint density at radius 1 is 1.19 bits per heavy atom. The second kappa shape index (κ2) is 5.64. The highest BCUT2D eigenvalue weighted by molar-refractivity contribution is 5.73. The van der Waals surface area contributed by atoms with E-state index >= 15 is 0 Å². The number of rotatable bonds is 5. The molecule has 92 valence electrons. The summed E-state index contributed by atoms with van der Waals surface area (Å²) in [5.41, 5.74) is 0. The molecule has 0 aromatic carbocycles. The maximum Gasteiger partial charge on any atom is 0.217 e. The first-order valence-electron chi connectivity index (χ1n) is 6.47. The van der Waals surface area contributed by atoms with Crippen LogP contribution in [-0.2, 0) is 4.79 Å². The first kappa shape index (κ1) is 11.9. The van der Waals surface area contributed by atoms with E-state index in [1.807, 2.05) is 0 Å². The number of amides is 1. The number of carbonyl (C=O) groups excluding carboxylic acids is 1. The molecule has 1 heterocycles. The van der Waals surface area contributed by atoms with Crippen LogP contribution < -0.4 is 10.6 Å². The molecule has 0 bridgehead atoms. The monoisotopic (exact) mass is 225 g/mol. The zero-order valence-corrected chi connectivity index (χ0v) is 10.2. The summed E-state index contributed by atoms with van der Waals surface area (Å²) < 4.78 is 0. The minimum atomic E-state index is 0.105. The van der Waals surface area contributed by atoms with Crippen LogP contribution >= 0.6 is 0 Å². The van der Waals surface area contributed by atoms with Crippen molar-refractivity contribution >= 4 is 5.91 Å². The Bertz CT molecular complexity index is 232. The quantitative estimate of drug-likeness (QED) is 0.709. The molecule has 0 radical (unpaired) electrons. The second-order valence-electron chi connectivity index (χ2n) is 5.04. The highest BCUT2D eigenvalue weighted by atomic mass is 16.1. The third-order valence-corrected chi connectivity index (χ3v) is 3.43. The molecule has 0 aromatic rings. The van der Waals surface area contributed by atoms with Crippen molar-refractivity contribution in [3.8, 4) is 0 Å². The van der Waals surface area contributed by atoms with Gasteiger partial charge in [0, 0.05) is 45.2 Å². The molecule has 16 heavy (non-hydrogen) atoms. The van der Waals surface area contributed by atoms with Gasteiger partial charge in [0.1, 0.15) is 0 Å². The zero-order valence-electron chi connectivity index (χ0n) is 10.2. The third-order valence-electron chi connectivity index (χ3n) is 3.43. The molecule has 1 aliphatic heterocycles. The number of hydrogen-bond donors (Lipinski definition) is 2. The summed E-state index contributed by atoms with van der Waals surface area (Å²) in [6.07, 6.45) is 4.93. The number of nitrogens with one attached hydrogen (secondary N) is 2. The van der Waals surface area contributed by atoms with Crippen LogP contribution in [0.3, 0.4) is 0 Å². The number of carbonyl (C=O) groups is 1. The van der Waals surface area contributed by atoms with Gasteiger partial charge >= 0.3 is 0 Å². The molecule has 0 aromatic heterocycles. The number of nitrogens with zero attached hydrogens (tertiary/aromatic N) is 1. The van der Waals surface area contributed by atoms with Crippen LogP contribution in [0.4, 0.5) is 0 Å². The lowest BCUT2D eigenvalue weighted by Gasteiger charge is -2.32.